The second-order valence-electron chi connectivity index (χ2n) is 2.69. The largest absolute Gasteiger partial charge is 0.368 e. The Balaban J connectivity index is 3.72. The van der Waals surface area contributed by atoms with Gasteiger partial charge in [-0.1, -0.05) is 13.8 Å². The molecule has 1 atom stereocenters. The van der Waals surface area contributed by atoms with E-state index in [4.69, 9.17) is 5.73 Å². The standard InChI is InChI=1S/C6H13FN2O/c1-4(2)3-5(9-7)6(8)10/h4-5,9H,3H2,1-2H3,(H2,8,10). The molecule has 4 heteroatoms. The molecule has 60 valence electrons. The lowest BCUT2D eigenvalue weighted by Gasteiger charge is -2.10. The molecule has 0 aliphatic heterocycles. The molecular weight excluding hydrogens is 135 g/mol. The first-order chi connectivity index (χ1) is 4.57. The van der Waals surface area contributed by atoms with Crippen molar-refractivity contribution in [1.82, 2.24) is 5.54 Å². The molecule has 3 N–H and O–H groups in total. The summed E-state index contributed by atoms with van der Waals surface area (Å²) >= 11 is 0. The van der Waals surface area contributed by atoms with Crippen LogP contribution in [-0.4, -0.2) is 11.9 Å². The van der Waals surface area contributed by atoms with Gasteiger partial charge in [-0.05, 0) is 12.3 Å². The van der Waals surface area contributed by atoms with Crippen molar-refractivity contribution in [1.29, 1.82) is 0 Å². The molecule has 0 aromatic rings. The first kappa shape index (κ1) is 9.36. The number of halogens is 1. The molecule has 0 spiro atoms. The molecule has 1 unspecified atom stereocenters. The second kappa shape index (κ2) is 4.22. The zero-order valence-corrected chi connectivity index (χ0v) is 6.23. The smallest absolute Gasteiger partial charge is 0.237 e. The summed E-state index contributed by atoms with van der Waals surface area (Å²) in [5.74, 6) is -0.378. The van der Waals surface area contributed by atoms with Gasteiger partial charge in [-0.25, -0.2) is 0 Å². The van der Waals surface area contributed by atoms with E-state index < -0.39 is 11.9 Å². The number of carbonyl (C=O) groups excluding carboxylic acids is 1. The van der Waals surface area contributed by atoms with Crippen molar-refractivity contribution >= 4 is 5.91 Å². The van der Waals surface area contributed by atoms with Gasteiger partial charge in [0, 0.05) is 0 Å². The Morgan fingerprint density at radius 2 is 2.20 bits per heavy atom. The van der Waals surface area contributed by atoms with Gasteiger partial charge in [-0.15, -0.1) is 10.0 Å². The van der Waals surface area contributed by atoms with Crippen molar-refractivity contribution in [2.24, 2.45) is 11.7 Å². The van der Waals surface area contributed by atoms with Crippen LogP contribution in [0.5, 0.6) is 0 Å². The van der Waals surface area contributed by atoms with Gasteiger partial charge in [0.05, 0.1) is 0 Å². The number of carbonyl (C=O) groups is 1. The van der Waals surface area contributed by atoms with Gasteiger partial charge < -0.3 is 5.73 Å². The highest BCUT2D eigenvalue weighted by atomic mass is 19.2. The van der Waals surface area contributed by atoms with Crippen LogP contribution in [0.4, 0.5) is 4.48 Å². The van der Waals surface area contributed by atoms with Crippen LogP contribution in [0.25, 0.3) is 0 Å². The minimum absolute atomic E-state index is 0.265. The average molecular weight is 148 g/mol. The minimum atomic E-state index is -0.833. The molecule has 0 rings (SSSR count). The monoisotopic (exact) mass is 148 g/mol. The van der Waals surface area contributed by atoms with Crippen molar-refractivity contribution < 1.29 is 9.28 Å². The topological polar surface area (TPSA) is 55.1 Å². The SMILES string of the molecule is CC(C)CC(NF)C(N)=O. The molecule has 0 aliphatic carbocycles. The maximum Gasteiger partial charge on any atom is 0.237 e. The zero-order valence-electron chi connectivity index (χ0n) is 6.23. The number of nitrogens with one attached hydrogen (secondary N) is 1. The van der Waals surface area contributed by atoms with Gasteiger partial charge in [0.15, 0.2) is 0 Å². The van der Waals surface area contributed by atoms with Crippen LogP contribution in [0, 0.1) is 5.92 Å². The van der Waals surface area contributed by atoms with Gasteiger partial charge in [0.1, 0.15) is 6.04 Å². The Labute approximate surface area is 59.7 Å². The summed E-state index contributed by atoms with van der Waals surface area (Å²) in [7, 11) is 0. The fourth-order valence-electron chi connectivity index (χ4n) is 0.686. The Morgan fingerprint density at radius 1 is 1.70 bits per heavy atom. The number of nitrogens with two attached hydrogens (primary N) is 1. The predicted molar refractivity (Wildman–Crippen MR) is 36.7 cm³/mol. The number of hydrogen-bond acceptors (Lipinski definition) is 2. The van der Waals surface area contributed by atoms with E-state index in [0.717, 1.165) is 0 Å². The van der Waals surface area contributed by atoms with Crippen LogP contribution in [0.1, 0.15) is 20.3 Å². The van der Waals surface area contributed by atoms with Gasteiger partial charge in [-0.2, -0.15) is 0 Å². The summed E-state index contributed by atoms with van der Waals surface area (Å²) in [5, 5.41) is 0. The van der Waals surface area contributed by atoms with Crippen LogP contribution in [0.2, 0.25) is 0 Å². The third-order valence-corrected chi connectivity index (χ3v) is 1.18. The molecule has 10 heavy (non-hydrogen) atoms. The molecule has 3 nitrogen and oxygen atoms in total. The van der Waals surface area contributed by atoms with Crippen LogP contribution in [-0.2, 0) is 4.79 Å². The Kier molecular flexibility index (Phi) is 3.95. The molecule has 1 amide bonds. The second-order valence-corrected chi connectivity index (χ2v) is 2.69. The van der Waals surface area contributed by atoms with Gasteiger partial charge in [0.2, 0.25) is 5.91 Å². The normalized spacial score (nSPS) is 13.6. The summed E-state index contributed by atoms with van der Waals surface area (Å²) < 4.78 is 11.7. The van der Waals surface area contributed by atoms with E-state index in [0.29, 0.717) is 6.42 Å². The first-order valence-corrected chi connectivity index (χ1v) is 3.23. The maximum absolute atomic E-state index is 11.7. The van der Waals surface area contributed by atoms with E-state index >= 15 is 0 Å². The molecule has 0 saturated carbocycles. The van der Waals surface area contributed by atoms with Gasteiger partial charge in [-0.3, -0.25) is 4.79 Å². The predicted octanol–water partition coefficient (Wildman–Crippen LogP) is 0.360. The quantitative estimate of drug-likeness (QED) is 0.565. The fourth-order valence-corrected chi connectivity index (χ4v) is 0.686. The molecule has 0 bridgehead atoms. The van der Waals surface area contributed by atoms with E-state index in [1.54, 1.807) is 0 Å². The Bertz CT molecular complexity index is 116. The molecule has 0 aromatic carbocycles. The summed E-state index contributed by atoms with van der Waals surface area (Å²) in [6.07, 6.45) is 0.436. The van der Waals surface area contributed by atoms with E-state index in [1.807, 2.05) is 13.8 Å². The third-order valence-electron chi connectivity index (χ3n) is 1.18. The average Bonchev–Trinajstić information content (AvgIpc) is 1.81. The number of rotatable bonds is 4. The number of amides is 1. The van der Waals surface area contributed by atoms with Crippen LogP contribution < -0.4 is 11.3 Å². The van der Waals surface area contributed by atoms with Gasteiger partial charge in [0.25, 0.3) is 0 Å². The molecule has 0 radical (unpaired) electrons. The first-order valence-electron chi connectivity index (χ1n) is 3.23. The molecule has 0 aromatic heterocycles. The highest BCUT2D eigenvalue weighted by Crippen LogP contribution is 2.03. The van der Waals surface area contributed by atoms with Crippen LogP contribution in [0.3, 0.4) is 0 Å². The Morgan fingerprint density at radius 3 is 2.30 bits per heavy atom. The van der Waals surface area contributed by atoms with Gasteiger partial charge >= 0.3 is 0 Å². The summed E-state index contributed by atoms with van der Waals surface area (Å²) in [6, 6.07) is -0.833. The zero-order chi connectivity index (χ0) is 8.15. The molecule has 0 heterocycles. The lowest BCUT2D eigenvalue weighted by molar-refractivity contribution is -0.121. The van der Waals surface area contributed by atoms with E-state index in [1.165, 1.54) is 5.54 Å². The summed E-state index contributed by atoms with van der Waals surface area (Å²) in [5.41, 5.74) is 6.21. The van der Waals surface area contributed by atoms with E-state index in [-0.39, 0.29) is 5.92 Å². The van der Waals surface area contributed by atoms with Crippen LogP contribution in [0.15, 0.2) is 0 Å². The van der Waals surface area contributed by atoms with E-state index in [9.17, 15) is 9.28 Å². The molecule has 0 saturated heterocycles. The third kappa shape index (κ3) is 3.40. The maximum atomic E-state index is 11.7. The fraction of sp³-hybridized carbons (Fsp3) is 0.833. The minimum Gasteiger partial charge on any atom is -0.368 e. The van der Waals surface area contributed by atoms with Crippen molar-refractivity contribution in [2.75, 3.05) is 0 Å². The lowest BCUT2D eigenvalue weighted by atomic mass is 10.0. The molecular formula is C6H13FN2O. The highest BCUT2D eigenvalue weighted by Gasteiger charge is 2.15. The number of hydrogen-bond donors (Lipinski definition) is 2. The molecule has 0 aliphatic rings. The Hall–Kier alpha value is -0.640. The lowest BCUT2D eigenvalue weighted by Crippen LogP contribution is -2.38. The van der Waals surface area contributed by atoms with Crippen molar-refractivity contribution in [3.8, 4) is 0 Å². The van der Waals surface area contributed by atoms with Crippen molar-refractivity contribution in [3.05, 3.63) is 0 Å². The van der Waals surface area contributed by atoms with Crippen molar-refractivity contribution in [2.45, 2.75) is 26.3 Å². The summed E-state index contributed by atoms with van der Waals surface area (Å²) in [6.45, 7) is 3.79. The molecule has 0 fully saturated rings. The van der Waals surface area contributed by atoms with Crippen molar-refractivity contribution in [3.63, 3.8) is 0 Å². The van der Waals surface area contributed by atoms with Crippen LogP contribution >= 0.6 is 0 Å². The summed E-state index contributed by atoms with van der Waals surface area (Å²) in [4.78, 5) is 10.4. The highest BCUT2D eigenvalue weighted by molar-refractivity contribution is 5.79. The van der Waals surface area contributed by atoms with E-state index in [2.05, 4.69) is 0 Å². The number of primary amides is 1.